The van der Waals surface area contributed by atoms with Gasteiger partial charge in [0.2, 0.25) is 0 Å². The van der Waals surface area contributed by atoms with Gasteiger partial charge in [0.1, 0.15) is 6.10 Å². The van der Waals surface area contributed by atoms with E-state index in [-0.39, 0.29) is 12.1 Å². The van der Waals surface area contributed by atoms with Crippen LogP contribution in [0.25, 0.3) is 0 Å². The van der Waals surface area contributed by atoms with Crippen LogP contribution in [-0.2, 0) is 9.53 Å². The molecule has 0 aliphatic rings. The van der Waals surface area contributed by atoms with Crippen molar-refractivity contribution in [2.45, 2.75) is 148 Å². The molecule has 27 heavy (non-hydrogen) atoms. The normalized spacial score (nSPS) is 12.3. The maximum Gasteiger partial charge on any atom is 0.306 e. The molecule has 2 nitrogen and oxygen atoms in total. The summed E-state index contributed by atoms with van der Waals surface area (Å²) in [5.74, 6) is -0.0473. The molecule has 0 heterocycles. The van der Waals surface area contributed by atoms with Crippen LogP contribution in [0.4, 0.5) is 0 Å². The third kappa shape index (κ3) is 21.6. The van der Waals surface area contributed by atoms with E-state index in [9.17, 15) is 4.79 Å². The highest BCUT2D eigenvalue weighted by Gasteiger charge is 2.09. The number of hydrogen-bond acceptors (Lipinski definition) is 2. The summed E-state index contributed by atoms with van der Waals surface area (Å²) in [6.45, 7) is 8.51. The molecule has 1 unspecified atom stereocenters. The summed E-state index contributed by atoms with van der Waals surface area (Å²) in [6, 6.07) is 0. The summed E-state index contributed by atoms with van der Waals surface area (Å²) in [6.07, 6.45) is 24.7. The first-order valence-electron chi connectivity index (χ1n) is 12.2. The van der Waals surface area contributed by atoms with E-state index in [0.29, 0.717) is 6.42 Å². The molecule has 0 aliphatic heterocycles. The second-order valence-electron chi connectivity index (χ2n) is 8.31. The Morgan fingerprint density at radius 2 is 1.00 bits per heavy atom. The molecule has 1 atom stereocenters. The Hall–Kier alpha value is -0.530. The van der Waals surface area contributed by atoms with Crippen LogP contribution >= 0.6 is 0 Å². The van der Waals surface area contributed by atoms with Crippen molar-refractivity contribution in [1.82, 2.24) is 0 Å². The highest BCUT2D eigenvalue weighted by molar-refractivity contribution is 5.69. The van der Waals surface area contributed by atoms with Crippen LogP contribution in [0, 0.1) is 6.92 Å². The van der Waals surface area contributed by atoms with Crippen molar-refractivity contribution in [3.63, 3.8) is 0 Å². The number of rotatable bonds is 21. The number of unbranched alkanes of at least 4 members (excludes halogenated alkanes) is 16. The zero-order chi connectivity index (χ0) is 20.0. The Bertz CT molecular complexity index is 301. The highest BCUT2D eigenvalue weighted by Crippen LogP contribution is 2.14. The van der Waals surface area contributed by atoms with E-state index in [0.717, 1.165) is 25.7 Å². The molecule has 0 rings (SSSR count). The molecule has 0 spiro atoms. The molecular weight excluding hydrogens is 332 g/mol. The van der Waals surface area contributed by atoms with Gasteiger partial charge in [-0.3, -0.25) is 4.79 Å². The van der Waals surface area contributed by atoms with Crippen molar-refractivity contribution in [2.24, 2.45) is 0 Å². The molecule has 0 bridgehead atoms. The molecular formula is C25H49O2. The van der Waals surface area contributed by atoms with Crippen LogP contribution in [-0.4, -0.2) is 12.1 Å². The fraction of sp³-hybridized carbons (Fsp3) is 0.920. The number of ether oxygens (including phenoxy) is 1. The van der Waals surface area contributed by atoms with E-state index in [4.69, 9.17) is 4.74 Å². The largest absolute Gasteiger partial charge is 0.462 e. The summed E-state index contributed by atoms with van der Waals surface area (Å²) >= 11 is 0. The summed E-state index contributed by atoms with van der Waals surface area (Å²) in [4.78, 5) is 11.9. The molecule has 0 amide bonds. The quantitative estimate of drug-likeness (QED) is 0.147. The summed E-state index contributed by atoms with van der Waals surface area (Å²) in [5, 5.41) is 0. The van der Waals surface area contributed by atoms with Crippen molar-refractivity contribution in [1.29, 1.82) is 0 Å². The van der Waals surface area contributed by atoms with Gasteiger partial charge in [0.15, 0.2) is 0 Å². The smallest absolute Gasteiger partial charge is 0.306 e. The Balaban J connectivity index is 3.32. The summed E-state index contributed by atoms with van der Waals surface area (Å²) in [5.41, 5.74) is 0. The van der Waals surface area contributed by atoms with Gasteiger partial charge in [0.25, 0.3) is 0 Å². The second kappa shape index (κ2) is 21.8. The van der Waals surface area contributed by atoms with Crippen LogP contribution in [0.5, 0.6) is 0 Å². The second-order valence-corrected chi connectivity index (χ2v) is 8.31. The maximum absolute atomic E-state index is 11.9. The molecule has 0 aromatic rings. The minimum absolute atomic E-state index is 0.0473. The molecule has 0 saturated carbocycles. The van der Waals surface area contributed by atoms with Gasteiger partial charge in [-0.15, -0.1) is 0 Å². The van der Waals surface area contributed by atoms with Gasteiger partial charge >= 0.3 is 5.97 Å². The van der Waals surface area contributed by atoms with E-state index < -0.39 is 0 Å². The third-order valence-corrected chi connectivity index (χ3v) is 5.41. The predicted molar refractivity (Wildman–Crippen MR) is 119 cm³/mol. The first-order valence-corrected chi connectivity index (χ1v) is 12.2. The predicted octanol–water partition coefficient (Wildman–Crippen LogP) is 8.57. The number of carbonyl (C=O) groups excluding carboxylic acids is 1. The molecule has 0 aromatic carbocycles. The van der Waals surface area contributed by atoms with Crippen molar-refractivity contribution in [3.8, 4) is 0 Å². The van der Waals surface area contributed by atoms with Crippen molar-refractivity contribution in [2.75, 3.05) is 0 Å². The van der Waals surface area contributed by atoms with Crippen LogP contribution in [0.3, 0.4) is 0 Å². The number of carbonyl (C=O) groups is 1. The third-order valence-electron chi connectivity index (χ3n) is 5.41. The van der Waals surface area contributed by atoms with Crippen LogP contribution < -0.4 is 0 Å². The molecule has 161 valence electrons. The van der Waals surface area contributed by atoms with Gasteiger partial charge < -0.3 is 4.74 Å². The first kappa shape index (κ1) is 26.5. The molecule has 1 radical (unpaired) electrons. The van der Waals surface area contributed by atoms with Crippen molar-refractivity contribution < 1.29 is 9.53 Å². The average Bonchev–Trinajstić information content (AvgIpc) is 2.65. The van der Waals surface area contributed by atoms with Gasteiger partial charge in [-0.1, -0.05) is 117 Å². The first-order chi connectivity index (χ1) is 13.2. The fourth-order valence-corrected chi connectivity index (χ4v) is 3.57. The van der Waals surface area contributed by atoms with Gasteiger partial charge in [-0.2, -0.15) is 0 Å². The Morgan fingerprint density at radius 3 is 1.44 bits per heavy atom. The lowest BCUT2D eigenvalue weighted by Gasteiger charge is -2.13. The van der Waals surface area contributed by atoms with E-state index in [1.54, 1.807) is 0 Å². The van der Waals surface area contributed by atoms with Crippen molar-refractivity contribution in [3.05, 3.63) is 6.92 Å². The van der Waals surface area contributed by atoms with Crippen molar-refractivity contribution >= 4 is 5.97 Å². The van der Waals surface area contributed by atoms with Crippen LogP contribution in [0.1, 0.15) is 142 Å². The molecule has 0 aromatic heterocycles. The minimum atomic E-state index is -0.152. The zero-order valence-electron chi connectivity index (χ0n) is 18.7. The lowest BCUT2D eigenvalue weighted by atomic mass is 10.1. The topological polar surface area (TPSA) is 26.3 Å². The molecule has 0 N–H and O–H groups in total. The molecule has 0 saturated heterocycles. The van der Waals surface area contributed by atoms with E-state index in [2.05, 4.69) is 20.8 Å². The van der Waals surface area contributed by atoms with Gasteiger partial charge in [-0.05, 0) is 26.2 Å². The van der Waals surface area contributed by atoms with Gasteiger partial charge in [-0.25, -0.2) is 0 Å². The lowest BCUT2D eigenvalue weighted by Crippen LogP contribution is -2.14. The maximum atomic E-state index is 11.9. The molecule has 0 fully saturated rings. The molecule has 2 heteroatoms. The Labute approximate surface area is 171 Å². The fourth-order valence-electron chi connectivity index (χ4n) is 3.57. The lowest BCUT2D eigenvalue weighted by molar-refractivity contribution is -0.147. The standard InChI is InChI=1S/C25H49O2/c1-4-6-8-10-12-14-16-18-20-22-24(3)27-25(26)23-21-19-17-15-13-11-9-7-5-2/h24H,3-23H2,1-2H3. The number of hydrogen-bond donors (Lipinski definition) is 0. The van der Waals surface area contributed by atoms with Crippen LogP contribution in [0.2, 0.25) is 0 Å². The monoisotopic (exact) mass is 381 g/mol. The summed E-state index contributed by atoms with van der Waals surface area (Å²) in [7, 11) is 0. The summed E-state index contributed by atoms with van der Waals surface area (Å²) < 4.78 is 5.44. The van der Waals surface area contributed by atoms with Gasteiger partial charge in [0.05, 0.1) is 0 Å². The zero-order valence-corrected chi connectivity index (χ0v) is 18.7. The van der Waals surface area contributed by atoms with E-state index in [1.807, 2.05) is 0 Å². The highest BCUT2D eigenvalue weighted by atomic mass is 16.5. The minimum Gasteiger partial charge on any atom is -0.462 e. The Kier molecular flexibility index (Phi) is 21.3. The van der Waals surface area contributed by atoms with E-state index in [1.165, 1.54) is 96.3 Å². The Morgan fingerprint density at radius 1 is 0.630 bits per heavy atom. The average molecular weight is 382 g/mol. The molecule has 0 aliphatic carbocycles. The van der Waals surface area contributed by atoms with Crippen LogP contribution in [0.15, 0.2) is 0 Å². The van der Waals surface area contributed by atoms with Gasteiger partial charge in [0, 0.05) is 6.42 Å². The SMILES string of the molecule is [CH2]C(CCCCCCCCCCC)OC(=O)CCCCCCCCCCC. The van der Waals surface area contributed by atoms with E-state index >= 15 is 0 Å². The number of esters is 1.